The van der Waals surface area contributed by atoms with Crippen molar-refractivity contribution in [2.24, 2.45) is 16.6 Å². The van der Waals surface area contributed by atoms with Crippen LogP contribution < -0.4 is 5.73 Å². The summed E-state index contributed by atoms with van der Waals surface area (Å²) in [7, 11) is 0. The second kappa shape index (κ2) is 7.06. The van der Waals surface area contributed by atoms with Crippen LogP contribution in [0.25, 0.3) is 11.9 Å². The number of halogens is 4. The van der Waals surface area contributed by atoms with Crippen LogP contribution >= 0.6 is 11.8 Å². The van der Waals surface area contributed by atoms with E-state index in [-0.39, 0.29) is 34.1 Å². The largest absolute Gasteiger partial charge is 0.480 e. The topological polar surface area (TPSA) is 112 Å². The van der Waals surface area contributed by atoms with Crippen molar-refractivity contribution in [2.75, 3.05) is 0 Å². The van der Waals surface area contributed by atoms with Crippen molar-refractivity contribution in [1.29, 1.82) is 5.26 Å². The smallest absolute Gasteiger partial charge is 0.327 e. The molecule has 11 heteroatoms. The third-order valence-corrected chi connectivity index (χ3v) is 6.94. The standard InChI is InChI=1S/C21H14F4N4O2S/c1-19(16-20(17(30)31,21(16,24)25)32-18(27)29-19)12-6-10(2-4-13(12)22)7-14(23)15-5-3-11(8-26)9-28-15/h2-7,9,16H,1H3,(H2,27,29)(H,30,31)/b14-7-. The van der Waals surface area contributed by atoms with Crippen molar-refractivity contribution in [2.45, 2.75) is 23.1 Å². The molecule has 1 saturated carbocycles. The molecular formula is C21H14F4N4O2S. The minimum atomic E-state index is -3.70. The number of nitrogens with two attached hydrogens (primary N) is 1. The molecule has 1 aliphatic heterocycles. The lowest BCUT2D eigenvalue weighted by atomic mass is 9.84. The fourth-order valence-electron chi connectivity index (χ4n) is 4.11. The van der Waals surface area contributed by atoms with Crippen LogP contribution in [-0.2, 0) is 10.3 Å². The normalized spacial score (nSPS) is 28.3. The molecule has 0 saturated heterocycles. The van der Waals surface area contributed by atoms with E-state index in [1.165, 1.54) is 31.3 Å². The number of carbonyl (C=O) groups is 1. The van der Waals surface area contributed by atoms with Gasteiger partial charge in [-0.2, -0.15) is 5.26 Å². The summed E-state index contributed by atoms with van der Waals surface area (Å²) in [4.78, 5) is 19.5. The highest BCUT2D eigenvalue weighted by Gasteiger charge is 2.92. The minimum absolute atomic E-state index is 0.0870. The maximum absolute atomic E-state index is 14.8. The van der Waals surface area contributed by atoms with Gasteiger partial charge < -0.3 is 10.8 Å². The van der Waals surface area contributed by atoms with Crippen molar-refractivity contribution in [3.63, 3.8) is 0 Å². The van der Waals surface area contributed by atoms with Crippen LogP contribution in [-0.4, -0.2) is 31.9 Å². The Kier molecular flexibility index (Phi) is 4.82. The van der Waals surface area contributed by atoms with Gasteiger partial charge in [0.05, 0.1) is 22.7 Å². The van der Waals surface area contributed by atoms with Crippen molar-refractivity contribution < 1.29 is 27.5 Å². The quantitative estimate of drug-likeness (QED) is 0.666. The first kappa shape index (κ1) is 21.8. The lowest BCUT2D eigenvalue weighted by Crippen LogP contribution is -2.39. The number of rotatable bonds is 4. The molecule has 2 aliphatic rings. The Morgan fingerprint density at radius 3 is 2.66 bits per heavy atom. The van der Waals surface area contributed by atoms with Gasteiger partial charge in [0.2, 0.25) is 0 Å². The molecule has 3 N–H and O–H groups in total. The van der Waals surface area contributed by atoms with Crippen LogP contribution in [0.5, 0.6) is 0 Å². The highest BCUT2D eigenvalue weighted by Crippen LogP contribution is 2.74. The molecule has 6 nitrogen and oxygen atoms in total. The SMILES string of the molecule is CC1(c2cc(/C=C(\F)c3ccc(C#N)cn3)ccc2F)N=C(N)SC2(C(=O)O)C1C2(F)F. The molecule has 0 spiro atoms. The van der Waals surface area contributed by atoms with E-state index in [0.717, 1.165) is 18.2 Å². The zero-order valence-electron chi connectivity index (χ0n) is 16.3. The predicted molar refractivity (Wildman–Crippen MR) is 110 cm³/mol. The van der Waals surface area contributed by atoms with E-state index in [4.69, 9.17) is 11.0 Å². The van der Waals surface area contributed by atoms with E-state index < -0.39 is 44.9 Å². The van der Waals surface area contributed by atoms with Crippen molar-refractivity contribution in [1.82, 2.24) is 4.98 Å². The van der Waals surface area contributed by atoms with Crippen LogP contribution in [0.1, 0.15) is 29.3 Å². The van der Waals surface area contributed by atoms with Gasteiger partial charge in [-0.05, 0) is 42.8 Å². The fourth-order valence-corrected chi connectivity index (χ4v) is 5.45. The summed E-state index contributed by atoms with van der Waals surface area (Å²) in [6.07, 6.45) is 2.19. The van der Waals surface area contributed by atoms with Gasteiger partial charge >= 0.3 is 5.97 Å². The Morgan fingerprint density at radius 1 is 1.34 bits per heavy atom. The molecule has 4 rings (SSSR count). The van der Waals surface area contributed by atoms with E-state index in [1.54, 1.807) is 0 Å². The lowest BCUT2D eigenvalue weighted by Gasteiger charge is -2.31. The first-order valence-electron chi connectivity index (χ1n) is 9.16. The second-order valence-electron chi connectivity index (χ2n) is 7.57. The molecule has 3 atom stereocenters. The summed E-state index contributed by atoms with van der Waals surface area (Å²) < 4.78 is 56.3. The molecule has 3 unspecified atom stereocenters. The molecule has 164 valence electrons. The van der Waals surface area contributed by atoms with E-state index in [9.17, 15) is 27.5 Å². The number of nitriles is 1. The van der Waals surface area contributed by atoms with Gasteiger partial charge in [0, 0.05) is 11.8 Å². The molecule has 2 heterocycles. The maximum Gasteiger partial charge on any atom is 0.327 e. The Hall–Kier alpha value is -3.39. The number of aliphatic imine (C=N–C) groups is 1. The first-order valence-corrected chi connectivity index (χ1v) is 9.98. The van der Waals surface area contributed by atoms with Gasteiger partial charge in [0.25, 0.3) is 5.92 Å². The van der Waals surface area contributed by atoms with Crippen LogP contribution in [0.2, 0.25) is 0 Å². The molecule has 2 aromatic rings. The van der Waals surface area contributed by atoms with E-state index in [2.05, 4.69) is 9.98 Å². The number of aromatic nitrogens is 1. The Morgan fingerprint density at radius 2 is 2.06 bits per heavy atom. The number of aliphatic carboxylic acids is 1. The highest BCUT2D eigenvalue weighted by molar-refractivity contribution is 8.16. The number of alkyl halides is 2. The highest BCUT2D eigenvalue weighted by atomic mass is 32.2. The molecule has 1 fully saturated rings. The van der Waals surface area contributed by atoms with Crippen molar-refractivity contribution >= 4 is 34.8 Å². The predicted octanol–water partition coefficient (Wildman–Crippen LogP) is 3.93. The Labute approximate surface area is 183 Å². The van der Waals surface area contributed by atoms with Crippen LogP contribution in [0.3, 0.4) is 0 Å². The molecule has 1 aromatic heterocycles. The number of carboxylic acids is 1. The maximum atomic E-state index is 14.8. The van der Waals surface area contributed by atoms with Crippen LogP contribution in [0, 0.1) is 23.1 Å². The third-order valence-electron chi connectivity index (χ3n) is 5.64. The number of benzene rings is 1. The molecule has 32 heavy (non-hydrogen) atoms. The fraction of sp³-hybridized carbons (Fsp3) is 0.238. The van der Waals surface area contributed by atoms with E-state index in [1.807, 2.05) is 6.07 Å². The minimum Gasteiger partial charge on any atom is -0.480 e. The van der Waals surface area contributed by atoms with Gasteiger partial charge in [-0.1, -0.05) is 17.8 Å². The average Bonchev–Trinajstić information content (AvgIpc) is 3.26. The summed E-state index contributed by atoms with van der Waals surface area (Å²) in [6.45, 7) is 1.19. The molecule has 1 aliphatic carbocycles. The number of pyridine rings is 1. The number of fused-ring (bicyclic) bond motifs is 1. The summed E-state index contributed by atoms with van der Waals surface area (Å²) in [5.74, 6) is -9.03. The molecule has 0 bridgehead atoms. The van der Waals surface area contributed by atoms with Crippen molar-refractivity contribution in [3.8, 4) is 6.07 Å². The van der Waals surface area contributed by atoms with E-state index in [0.29, 0.717) is 0 Å². The lowest BCUT2D eigenvalue weighted by molar-refractivity contribution is -0.139. The second-order valence-corrected chi connectivity index (χ2v) is 8.84. The zero-order chi connectivity index (χ0) is 23.5. The average molecular weight is 462 g/mol. The summed E-state index contributed by atoms with van der Waals surface area (Å²) in [5, 5.41) is 17.9. The van der Waals surface area contributed by atoms with Gasteiger partial charge in [0.15, 0.2) is 9.91 Å². The van der Waals surface area contributed by atoms with Gasteiger partial charge in [-0.25, -0.2) is 17.6 Å². The number of thioether (sulfide) groups is 1. The summed E-state index contributed by atoms with van der Waals surface area (Å²) >= 11 is 0.248. The molecule has 1 aromatic carbocycles. The number of nitrogens with zero attached hydrogens (tertiary/aromatic N) is 3. The Balaban J connectivity index is 1.78. The zero-order valence-corrected chi connectivity index (χ0v) is 17.1. The first-order chi connectivity index (χ1) is 15.0. The number of amidine groups is 1. The van der Waals surface area contributed by atoms with Crippen LogP contribution in [0.4, 0.5) is 17.6 Å². The molecular weight excluding hydrogens is 448 g/mol. The number of hydrogen-bond donors (Lipinski definition) is 2. The molecule has 0 amide bonds. The Bertz CT molecular complexity index is 1240. The number of carboxylic acid groups (broad SMARTS) is 1. The number of hydrogen-bond acceptors (Lipinski definition) is 6. The summed E-state index contributed by atoms with van der Waals surface area (Å²) in [5.41, 5.74) is 3.61. The van der Waals surface area contributed by atoms with Gasteiger partial charge in [0.1, 0.15) is 17.7 Å². The van der Waals surface area contributed by atoms with Crippen molar-refractivity contribution in [3.05, 3.63) is 64.7 Å². The van der Waals surface area contributed by atoms with Gasteiger partial charge in [-0.3, -0.25) is 14.8 Å². The third kappa shape index (κ3) is 2.97. The van der Waals surface area contributed by atoms with Crippen LogP contribution in [0.15, 0.2) is 41.5 Å². The molecule has 0 radical (unpaired) electrons. The monoisotopic (exact) mass is 462 g/mol. The summed E-state index contributed by atoms with van der Waals surface area (Å²) in [6, 6.07) is 7.82. The van der Waals surface area contributed by atoms with Gasteiger partial charge in [-0.15, -0.1) is 0 Å². The van der Waals surface area contributed by atoms with E-state index >= 15 is 0 Å².